The van der Waals surface area contributed by atoms with Gasteiger partial charge in [0, 0.05) is 34.5 Å². The fraction of sp³-hybridized carbons (Fsp3) is 0.250. The molecule has 0 bridgehead atoms. The van der Waals surface area contributed by atoms with E-state index in [0.717, 1.165) is 34.6 Å². The maximum Gasteiger partial charge on any atom is 0.115 e. The van der Waals surface area contributed by atoms with Gasteiger partial charge in [-0.2, -0.15) is 0 Å². The number of fused-ring (bicyclic) bond motifs is 1. The molecule has 1 aliphatic heterocycles. The quantitative estimate of drug-likeness (QED) is 0.424. The summed E-state index contributed by atoms with van der Waals surface area (Å²) in [6, 6.07) is 19.8. The predicted molar refractivity (Wildman–Crippen MR) is 135 cm³/mol. The van der Waals surface area contributed by atoms with Crippen LogP contribution in [0.25, 0.3) is 0 Å². The molecule has 2 N–H and O–H groups in total. The Kier molecular flexibility index (Phi) is 6.38. The molecule has 0 radical (unpaired) electrons. The zero-order valence-corrected chi connectivity index (χ0v) is 19.7. The molecule has 4 rings (SSSR count). The number of halogens is 1. The number of nitrogens with zero attached hydrogens (tertiary/aromatic N) is 1. The summed E-state index contributed by atoms with van der Waals surface area (Å²) >= 11 is 6.33. The van der Waals surface area contributed by atoms with Crippen molar-refractivity contribution in [2.75, 3.05) is 5.32 Å². The summed E-state index contributed by atoms with van der Waals surface area (Å²) in [5.41, 5.74) is 8.62. The average Bonchev–Trinajstić information content (AvgIpc) is 2.93. The van der Waals surface area contributed by atoms with E-state index in [1.807, 2.05) is 36.5 Å². The van der Waals surface area contributed by atoms with Crippen molar-refractivity contribution in [2.45, 2.75) is 46.0 Å². The van der Waals surface area contributed by atoms with Gasteiger partial charge in [0.2, 0.25) is 0 Å². The Morgan fingerprint density at radius 2 is 1.66 bits per heavy atom. The first-order valence-electron chi connectivity index (χ1n) is 11.1. The lowest BCUT2D eigenvalue weighted by Crippen LogP contribution is -2.06. The van der Waals surface area contributed by atoms with Crippen molar-refractivity contribution in [2.24, 2.45) is 4.99 Å². The van der Waals surface area contributed by atoms with Crippen LogP contribution in [0, 0.1) is 0 Å². The molecule has 164 valence electrons. The maximum absolute atomic E-state index is 9.76. The number of hydrogen-bond acceptors (Lipinski definition) is 3. The predicted octanol–water partition coefficient (Wildman–Crippen LogP) is 7.64. The highest BCUT2D eigenvalue weighted by atomic mass is 35.5. The van der Waals surface area contributed by atoms with Crippen molar-refractivity contribution in [1.82, 2.24) is 0 Å². The SMILES string of the molecule is CC(C)c1ccc(CC2=CNc3ccc(Cl)cc3C(c3ccc(O)cc3)=N2)c(C(C)C)c1. The van der Waals surface area contributed by atoms with Crippen molar-refractivity contribution in [3.63, 3.8) is 0 Å². The summed E-state index contributed by atoms with van der Waals surface area (Å²) < 4.78 is 0. The standard InChI is InChI=1S/C28H29ClN2O/c1-17(2)20-5-6-21(25(14-20)18(3)4)13-23-16-30-27-12-9-22(29)15-26(27)28(31-23)19-7-10-24(32)11-8-19/h5-12,14-18,30,32H,13H2,1-4H3. The zero-order chi connectivity index (χ0) is 22.8. The highest BCUT2D eigenvalue weighted by Gasteiger charge is 2.18. The Hall–Kier alpha value is -3.04. The Bertz CT molecular complexity index is 1190. The van der Waals surface area contributed by atoms with Gasteiger partial charge < -0.3 is 10.4 Å². The molecule has 0 amide bonds. The molecular weight excluding hydrogens is 416 g/mol. The van der Waals surface area contributed by atoms with E-state index in [1.54, 1.807) is 12.1 Å². The number of anilines is 1. The third-order valence-corrected chi connectivity index (χ3v) is 6.09. The van der Waals surface area contributed by atoms with Gasteiger partial charge >= 0.3 is 0 Å². The molecule has 3 aromatic carbocycles. The second kappa shape index (κ2) is 9.22. The van der Waals surface area contributed by atoms with Crippen molar-refractivity contribution in [3.05, 3.63) is 105 Å². The second-order valence-electron chi connectivity index (χ2n) is 8.92. The van der Waals surface area contributed by atoms with Crippen molar-refractivity contribution < 1.29 is 5.11 Å². The molecule has 0 fully saturated rings. The Morgan fingerprint density at radius 1 is 0.906 bits per heavy atom. The van der Waals surface area contributed by atoms with Gasteiger partial charge in [0.15, 0.2) is 0 Å². The summed E-state index contributed by atoms with van der Waals surface area (Å²) in [4.78, 5) is 5.09. The minimum atomic E-state index is 0.231. The van der Waals surface area contributed by atoms with Crippen LogP contribution in [0.1, 0.15) is 67.3 Å². The number of aliphatic imine (C=N–C) groups is 1. The molecular formula is C28H29ClN2O. The van der Waals surface area contributed by atoms with Gasteiger partial charge in [0.1, 0.15) is 5.75 Å². The molecule has 0 aliphatic carbocycles. The van der Waals surface area contributed by atoms with Gasteiger partial charge in [-0.1, -0.05) is 57.5 Å². The summed E-state index contributed by atoms with van der Waals surface area (Å²) in [5.74, 6) is 1.16. The van der Waals surface area contributed by atoms with Crippen LogP contribution in [0.4, 0.5) is 5.69 Å². The Morgan fingerprint density at radius 3 is 2.34 bits per heavy atom. The lowest BCUT2D eigenvalue weighted by molar-refractivity contribution is 0.475. The topological polar surface area (TPSA) is 44.6 Å². The zero-order valence-electron chi connectivity index (χ0n) is 19.0. The molecule has 1 aliphatic rings. The highest BCUT2D eigenvalue weighted by Crippen LogP contribution is 2.31. The highest BCUT2D eigenvalue weighted by molar-refractivity contribution is 6.31. The molecule has 0 aromatic heterocycles. The third-order valence-electron chi connectivity index (χ3n) is 5.86. The number of phenols is 1. The summed E-state index contributed by atoms with van der Waals surface area (Å²) in [7, 11) is 0. The van der Waals surface area contributed by atoms with Crippen LogP contribution in [0.15, 0.2) is 77.6 Å². The number of phenolic OH excluding ortho intramolecular Hbond substituents is 1. The lowest BCUT2D eigenvalue weighted by Gasteiger charge is -2.17. The normalized spacial score (nSPS) is 13.3. The first kappa shape index (κ1) is 22.2. The smallest absolute Gasteiger partial charge is 0.115 e. The molecule has 0 saturated heterocycles. The van der Waals surface area contributed by atoms with Crippen molar-refractivity contribution in [1.29, 1.82) is 0 Å². The molecule has 0 atom stereocenters. The van der Waals surface area contributed by atoms with E-state index in [2.05, 4.69) is 51.2 Å². The first-order chi connectivity index (χ1) is 15.3. The van der Waals surface area contributed by atoms with E-state index in [0.29, 0.717) is 16.9 Å². The number of hydrogen-bond donors (Lipinski definition) is 2. The van der Waals surface area contributed by atoms with E-state index >= 15 is 0 Å². The van der Waals surface area contributed by atoms with Gasteiger partial charge in [-0.25, -0.2) is 0 Å². The van der Waals surface area contributed by atoms with Crippen LogP contribution >= 0.6 is 11.6 Å². The molecule has 0 spiro atoms. The summed E-state index contributed by atoms with van der Waals surface area (Å²) in [6.45, 7) is 8.94. The number of allylic oxidation sites excluding steroid dienone is 1. The molecule has 3 aromatic rings. The first-order valence-corrected chi connectivity index (χ1v) is 11.5. The van der Waals surface area contributed by atoms with Gasteiger partial charge in [-0.05, 0) is 71.0 Å². The van der Waals surface area contributed by atoms with Gasteiger partial charge in [-0.15, -0.1) is 0 Å². The lowest BCUT2D eigenvalue weighted by atomic mass is 9.90. The van der Waals surface area contributed by atoms with Gasteiger partial charge in [0.25, 0.3) is 0 Å². The van der Waals surface area contributed by atoms with E-state index < -0.39 is 0 Å². The number of aromatic hydroxyl groups is 1. The maximum atomic E-state index is 9.76. The molecule has 32 heavy (non-hydrogen) atoms. The molecule has 4 heteroatoms. The van der Waals surface area contributed by atoms with E-state index in [1.165, 1.54) is 16.7 Å². The van der Waals surface area contributed by atoms with Gasteiger partial charge in [-0.3, -0.25) is 4.99 Å². The number of rotatable bonds is 5. The Balaban J connectivity index is 1.78. The fourth-order valence-electron chi connectivity index (χ4n) is 4.03. The average molecular weight is 445 g/mol. The van der Waals surface area contributed by atoms with E-state index in [9.17, 15) is 5.11 Å². The van der Waals surface area contributed by atoms with Gasteiger partial charge in [0.05, 0.1) is 11.4 Å². The number of nitrogens with one attached hydrogen (secondary N) is 1. The van der Waals surface area contributed by atoms with Crippen LogP contribution in [-0.2, 0) is 6.42 Å². The second-order valence-corrected chi connectivity index (χ2v) is 9.36. The van der Waals surface area contributed by atoms with Crippen LogP contribution in [0.2, 0.25) is 5.02 Å². The van der Waals surface area contributed by atoms with Crippen LogP contribution < -0.4 is 5.32 Å². The fourth-order valence-corrected chi connectivity index (χ4v) is 4.20. The molecule has 0 saturated carbocycles. The summed E-state index contributed by atoms with van der Waals surface area (Å²) in [6.07, 6.45) is 2.71. The minimum Gasteiger partial charge on any atom is -0.508 e. The Labute approximate surface area is 195 Å². The third kappa shape index (κ3) is 4.73. The monoisotopic (exact) mass is 444 g/mol. The molecule has 3 nitrogen and oxygen atoms in total. The van der Waals surface area contributed by atoms with Crippen LogP contribution in [0.3, 0.4) is 0 Å². The number of benzene rings is 3. The van der Waals surface area contributed by atoms with Crippen LogP contribution in [0.5, 0.6) is 5.75 Å². The molecule has 0 unspecified atom stereocenters. The van der Waals surface area contributed by atoms with E-state index in [4.69, 9.17) is 16.6 Å². The van der Waals surface area contributed by atoms with Crippen molar-refractivity contribution >= 4 is 23.0 Å². The van der Waals surface area contributed by atoms with Crippen LogP contribution in [-0.4, -0.2) is 10.8 Å². The summed E-state index contributed by atoms with van der Waals surface area (Å²) in [5, 5.41) is 13.8. The molecule has 1 heterocycles. The largest absolute Gasteiger partial charge is 0.508 e. The van der Waals surface area contributed by atoms with Crippen molar-refractivity contribution in [3.8, 4) is 5.75 Å². The van der Waals surface area contributed by atoms with E-state index in [-0.39, 0.29) is 5.75 Å². The minimum absolute atomic E-state index is 0.231.